The third kappa shape index (κ3) is 2.11. The number of hydrogen-bond acceptors (Lipinski definition) is 6. The van der Waals surface area contributed by atoms with Gasteiger partial charge in [-0.3, -0.25) is 0 Å². The van der Waals surface area contributed by atoms with E-state index in [0.29, 0.717) is 6.61 Å². The Morgan fingerprint density at radius 1 is 1.00 bits per heavy atom. The first-order valence-corrected chi connectivity index (χ1v) is 7.12. The Bertz CT molecular complexity index is 500. The monoisotopic (exact) mass is 294 g/mol. The molecule has 0 aromatic heterocycles. The molecule has 1 aliphatic carbocycles. The van der Waals surface area contributed by atoms with Gasteiger partial charge in [0.05, 0.1) is 6.61 Å². The van der Waals surface area contributed by atoms with Crippen LogP contribution in [-0.4, -0.2) is 52.8 Å². The maximum atomic E-state index is 10.2. The highest BCUT2D eigenvalue weighted by molar-refractivity contribution is 5.14. The van der Waals surface area contributed by atoms with E-state index in [1.165, 1.54) is 0 Å². The molecular formula is C15H18O6. The average molecular weight is 294 g/mol. The molecule has 4 fully saturated rings. The summed E-state index contributed by atoms with van der Waals surface area (Å²) in [5, 5.41) is 20.5. The molecule has 5 rings (SSSR count). The first-order chi connectivity index (χ1) is 10.1. The van der Waals surface area contributed by atoms with Gasteiger partial charge in [-0.05, 0) is 5.56 Å². The SMILES string of the molecule is CC12OC3C(O)C(O1)C(OCc1ccccc1)C(O2)C3O. The fourth-order valence-electron chi connectivity index (χ4n) is 3.35. The Morgan fingerprint density at radius 2 is 1.57 bits per heavy atom. The van der Waals surface area contributed by atoms with Crippen LogP contribution in [0.25, 0.3) is 0 Å². The molecular weight excluding hydrogens is 276 g/mol. The van der Waals surface area contributed by atoms with Gasteiger partial charge in [-0.25, -0.2) is 0 Å². The van der Waals surface area contributed by atoms with E-state index < -0.39 is 42.6 Å². The molecule has 2 N–H and O–H groups in total. The van der Waals surface area contributed by atoms with Gasteiger partial charge in [-0.1, -0.05) is 30.3 Å². The molecule has 3 saturated heterocycles. The molecule has 6 nitrogen and oxygen atoms in total. The maximum Gasteiger partial charge on any atom is 0.281 e. The third-order valence-electron chi connectivity index (χ3n) is 4.33. The van der Waals surface area contributed by atoms with E-state index in [1.54, 1.807) is 6.92 Å². The molecule has 3 heterocycles. The Labute approximate surface area is 122 Å². The average Bonchev–Trinajstić information content (AvgIpc) is 2.48. The van der Waals surface area contributed by atoms with E-state index in [1.807, 2.05) is 30.3 Å². The fraction of sp³-hybridized carbons (Fsp3) is 0.600. The number of aliphatic hydroxyl groups is 2. The highest BCUT2D eigenvalue weighted by Crippen LogP contribution is 2.46. The van der Waals surface area contributed by atoms with Crippen molar-refractivity contribution in [3.05, 3.63) is 35.9 Å². The van der Waals surface area contributed by atoms with Crippen molar-refractivity contribution in [3.63, 3.8) is 0 Å². The van der Waals surface area contributed by atoms with Crippen molar-refractivity contribution in [2.45, 2.75) is 56.1 Å². The zero-order valence-corrected chi connectivity index (χ0v) is 11.6. The van der Waals surface area contributed by atoms with Crippen molar-refractivity contribution in [2.24, 2.45) is 0 Å². The minimum absolute atomic E-state index is 0.368. The molecule has 0 amide bonds. The lowest BCUT2D eigenvalue weighted by atomic mass is 9.82. The van der Waals surface area contributed by atoms with Gasteiger partial charge in [0.2, 0.25) is 0 Å². The Morgan fingerprint density at radius 3 is 2.19 bits per heavy atom. The molecule has 4 bridgehead atoms. The van der Waals surface area contributed by atoms with Gasteiger partial charge >= 0.3 is 0 Å². The molecule has 114 valence electrons. The van der Waals surface area contributed by atoms with Crippen LogP contribution in [-0.2, 0) is 25.6 Å². The van der Waals surface area contributed by atoms with Crippen LogP contribution in [0.5, 0.6) is 0 Å². The lowest BCUT2D eigenvalue weighted by Crippen LogP contribution is -2.78. The van der Waals surface area contributed by atoms with Crippen LogP contribution in [0.15, 0.2) is 30.3 Å². The van der Waals surface area contributed by atoms with Crippen molar-refractivity contribution < 1.29 is 29.2 Å². The van der Waals surface area contributed by atoms with Crippen LogP contribution in [0.2, 0.25) is 0 Å². The number of hydrogen-bond donors (Lipinski definition) is 2. The Kier molecular flexibility index (Phi) is 3.08. The summed E-state index contributed by atoms with van der Waals surface area (Å²) in [6, 6.07) is 9.71. The quantitative estimate of drug-likeness (QED) is 0.827. The smallest absolute Gasteiger partial charge is 0.281 e. The van der Waals surface area contributed by atoms with E-state index in [2.05, 4.69) is 0 Å². The topological polar surface area (TPSA) is 77.4 Å². The standard InChI is InChI=1S/C15H18O6/c1-15-19-11-9(16)12(20-15)14(13(21-15)10(11)17)18-7-8-5-3-2-4-6-8/h2-6,9-14,16-17H,7H2,1H3. The second-order valence-corrected chi connectivity index (χ2v) is 5.85. The van der Waals surface area contributed by atoms with Gasteiger partial charge in [-0.15, -0.1) is 0 Å². The van der Waals surface area contributed by atoms with E-state index in [0.717, 1.165) is 5.56 Å². The molecule has 21 heavy (non-hydrogen) atoms. The van der Waals surface area contributed by atoms with E-state index in [9.17, 15) is 10.2 Å². The van der Waals surface area contributed by atoms with E-state index in [4.69, 9.17) is 18.9 Å². The third-order valence-corrected chi connectivity index (χ3v) is 4.33. The van der Waals surface area contributed by atoms with E-state index >= 15 is 0 Å². The van der Waals surface area contributed by atoms with Gasteiger partial charge in [-0.2, -0.15) is 0 Å². The number of aliphatic hydroxyl groups excluding tert-OH is 2. The summed E-state index contributed by atoms with van der Waals surface area (Å²) >= 11 is 0. The first kappa shape index (κ1) is 13.6. The summed E-state index contributed by atoms with van der Waals surface area (Å²) in [4.78, 5) is 0. The van der Waals surface area contributed by atoms with Crippen molar-refractivity contribution >= 4 is 0 Å². The van der Waals surface area contributed by atoms with Gasteiger partial charge in [0.1, 0.15) is 36.6 Å². The van der Waals surface area contributed by atoms with Gasteiger partial charge < -0.3 is 29.2 Å². The van der Waals surface area contributed by atoms with Crippen LogP contribution in [0.3, 0.4) is 0 Å². The summed E-state index contributed by atoms with van der Waals surface area (Å²) in [6.45, 7) is 2.01. The highest BCUT2D eigenvalue weighted by Gasteiger charge is 2.65. The molecule has 0 radical (unpaired) electrons. The summed E-state index contributed by atoms with van der Waals surface area (Å²) in [5.74, 6) is -1.20. The predicted octanol–water partition coefficient (Wildman–Crippen LogP) is 0.164. The molecule has 1 aromatic carbocycles. The largest absolute Gasteiger partial charge is 0.387 e. The van der Waals surface area contributed by atoms with Crippen molar-refractivity contribution in [1.82, 2.24) is 0 Å². The van der Waals surface area contributed by atoms with Crippen molar-refractivity contribution in [2.75, 3.05) is 0 Å². The normalized spacial score (nSPS) is 47.8. The van der Waals surface area contributed by atoms with Gasteiger partial charge in [0.15, 0.2) is 0 Å². The summed E-state index contributed by atoms with van der Waals surface area (Å²) in [6.07, 6.45) is -4.17. The van der Waals surface area contributed by atoms with E-state index in [-0.39, 0.29) is 0 Å². The summed E-state index contributed by atoms with van der Waals surface area (Å²) < 4.78 is 22.6. The van der Waals surface area contributed by atoms with Crippen molar-refractivity contribution in [1.29, 1.82) is 0 Å². The molecule has 1 saturated carbocycles. The van der Waals surface area contributed by atoms with Crippen LogP contribution in [0, 0.1) is 0 Å². The van der Waals surface area contributed by atoms with Crippen LogP contribution in [0.4, 0.5) is 0 Å². The molecule has 4 unspecified atom stereocenters. The zero-order valence-electron chi connectivity index (χ0n) is 11.6. The predicted molar refractivity (Wildman–Crippen MR) is 70.1 cm³/mol. The van der Waals surface area contributed by atoms with Gasteiger partial charge in [0, 0.05) is 6.92 Å². The Hall–Kier alpha value is -1.02. The lowest BCUT2D eigenvalue weighted by molar-refractivity contribution is -0.533. The maximum absolute atomic E-state index is 10.2. The molecule has 4 atom stereocenters. The minimum Gasteiger partial charge on any atom is -0.387 e. The fourth-order valence-corrected chi connectivity index (χ4v) is 3.35. The number of rotatable bonds is 3. The summed E-state index contributed by atoms with van der Waals surface area (Å²) in [5.41, 5.74) is 1.01. The second kappa shape index (κ2) is 4.74. The van der Waals surface area contributed by atoms with Crippen LogP contribution in [0.1, 0.15) is 12.5 Å². The summed E-state index contributed by atoms with van der Waals surface area (Å²) in [7, 11) is 0. The number of ether oxygens (including phenoxy) is 4. The minimum atomic E-state index is -1.20. The molecule has 3 aliphatic heterocycles. The molecule has 6 heteroatoms. The van der Waals surface area contributed by atoms with Crippen molar-refractivity contribution in [3.8, 4) is 0 Å². The zero-order chi connectivity index (χ0) is 14.6. The van der Waals surface area contributed by atoms with Crippen LogP contribution < -0.4 is 0 Å². The second-order valence-electron chi connectivity index (χ2n) is 5.85. The molecule has 1 aromatic rings. The number of benzene rings is 1. The molecule has 4 aliphatic rings. The highest BCUT2D eigenvalue weighted by atomic mass is 16.9. The lowest BCUT2D eigenvalue weighted by Gasteiger charge is -2.60. The molecule has 0 spiro atoms. The van der Waals surface area contributed by atoms with Crippen LogP contribution >= 0.6 is 0 Å². The van der Waals surface area contributed by atoms with Gasteiger partial charge in [0.25, 0.3) is 5.97 Å². The Balaban J connectivity index is 1.53. The first-order valence-electron chi connectivity index (χ1n) is 7.12.